The highest BCUT2D eigenvalue weighted by molar-refractivity contribution is 5.85. The van der Waals surface area contributed by atoms with Crippen molar-refractivity contribution in [2.24, 2.45) is 17.6 Å². The van der Waals surface area contributed by atoms with Crippen LogP contribution in [-0.2, 0) is 4.79 Å². The molecule has 2 N–H and O–H groups in total. The Labute approximate surface area is 105 Å². The predicted molar refractivity (Wildman–Crippen MR) is 69.7 cm³/mol. The number of carbonyl (C=O) groups is 1. The average Bonchev–Trinajstić information content (AvgIpc) is 2.16. The summed E-state index contributed by atoms with van der Waals surface area (Å²) in [5.41, 5.74) is 5.62. The quantitative estimate of drug-likeness (QED) is 0.831. The number of amides is 1. The molecule has 4 heteroatoms. The molecule has 0 aromatic rings. The Morgan fingerprint density at radius 1 is 1.44 bits per heavy atom. The summed E-state index contributed by atoms with van der Waals surface area (Å²) in [6, 6.07) is -0.345. The van der Waals surface area contributed by atoms with Crippen molar-refractivity contribution in [2.45, 2.75) is 46.1 Å². The Hall–Kier alpha value is -0.280. The second kappa shape index (κ2) is 7.13. The first-order valence-electron chi connectivity index (χ1n) is 6.05. The Morgan fingerprint density at radius 2 is 2.06 bits per heavy atom. The van der Waals surface area contributed by atoms with Crippen LogP contribution in [0.2, 0.25) is 0 Å². The molecular weight excluding hydrogens is 224 g/mol. The molecule has 1 fully saturated rings. The molecule has 2 unspecified atom stereocenters. The summed E-state index contributed by atoms with van der Waals surface area (Å²) in [6.07, 6.45) is 3.62. The van der Waals surface area contributed by atoms with Crippen LogP contribution < -0.4 is 5.73 Å². The summed E-state index contributed by atoms with van der Waals surface area (Å²) in [5, 5.41) is 0. The number of likely N-dealkylation sites (tertiary alicyclic amines) is 1. The van der Waals surface area contributed by atoms with Crippen LogP contribution in [0.5, 0.6) is 0 Å². The smallest absolute Gasteiger partial charge is 0.239 e. The molecule has 0 spiro atoms. The van der Waals surface area contributed by atoms with Crippen molar-refractivity contribution >= 4 is 18.3 Å². The molecule has 1 heterocycles. The van der Waals surface area contributed by atoms with E-state index in [1.165, 1.54) is 12.8 Å². The maximum absolute atomic E-state index is 11.7. The van der Waals surface area contributed by atoms with Gasteiger partial charge < -0.3 is 10.6 Å². The van der Waals surface area contributed by atoms with E-state index in [9.17, 15) is 4.79 Å². The third-order valence-electron chi connectivity index (χ3n) is 3.02. The van der Waals surface area contributed by atoms with Gasteiger partial charge in [-0.2, -0.15) is 0 Å². The normalized spacial score (nSPS) is 22.8. The Balaban J connectivity index is 0.00000225. The van der Waals surface area contributed by atoms with Crippen molar-refractivity contribution in [2.75, 3.05) is 13.1 Å². The number of rotatable bonds is 3. The molecule has 96 valence electrons. The van der Waals surface area contributed by atoms with Gasteiger partial charge in [0.05, 0.1) is 6.04 Å². The van der Waals surface area contributed by atoms with Gasteiger partial charge in [0.25, 0.3) is 0 Å². The van der Waals surface area contributed by atoms with Gasteiger partial charge in [0.1, 0.15) is 0 Å². The number of nitrogens with zero attached hydrogens (tertiary/aromatic N) is 1. The maximum atomic E-state index is 11.7. The molecule has 1 rings (SSSR count). The maximum Gasteiger partial charge on any atom is 0.239 e. The monoisotopic (exact) mass is 248 g/mol. The zero-order valence-corrected chi connectivity index (χ0v) is 11.4. The lowest BCUT2D eigenvalue weighted by Gasteiger charge is -2.34. The summed E-state index contributed by atoms with van der Waals surface area (Å²) >= 11 is 0. The standard InChI is InChI=1S/C12H24N2O.ClH/c1-9(2)7-11-5-4-6-14(8-11)12(15)10(3)13;/h9-11H,4-8,13H2,1-3H3;1H. The van der Waals surface area contributed by atoms with E-state index in [1.807, 2.05) is 4.90 Å². The van der Waals surface area contributed by atoms with Crippen LogP contribution in [0, 0.1) is 11.8 Å². The number of carbonyl (C=O) groups excluding carboxylic acids is 1. The molecular formula is C12H25ClN2O. The van der Waals surface area contributed by atoms with Crippen molar-refractivity contribution in [3.05, 3.63) is 0 Å². The number of hydrogen-bond acceptors (Lipinski definition) is 2. The van der Waals surface area contributed by atoms with Gasteiger partial charge in [-0.1, -0.05) is 13.8 Å². The molecule has 0 aliphatic carbocycles. The second-order valence-corrected chi connectivity index (χ2v) is 5.21. The lowest BCUT2D eigenvalue weighted by molar-refractivity contribution is -0.134. The number of hydrogen-bond donors (Lipinski definition) is 1. The van der Waals surface area contributed by atoms with Crippen molar-refractivity contribution in [1.82, 2.24) is 4.90 Å². The topological polar surface area (TPSA) is 46.3 Å². The fourth-order valence-corrected chi connectivity index (χ4v) is 2.41. The van der Waals surface area contributed by atoms with Gasteiger partial charge in [0, 0.05) is 13.1 Å². The minimum absolute atomic E-state index is 0. The molecule has 1 saturated heterocycles. The Morgan fingerprint density at radius 3 is 2.56 bits per heavy atom. The summed E-state index contributed by atoms with van der Waals surface area (Å²) in [4.78, 5) is 13.7. The van der Waals surface area contributed by atoms with Crippen molar-refractivity contribution in [1.29, 1.82) is 0 Å². The van der Waals surface area contributed by atoms with Crippen LogP contribution in [0.25, 0.3) is 0 Å². The van der Waals surface area contributed by atoms with E-state index in [-0.39, 0.29) is 24.4 Å². The van der Waals surface area contributed by atoms with E-state index >= 15 is 0 Å². The van der Waals surface area contributed by atoms with Crippen LogP contribution in [0.1, 0.15) is 40.0 Å². The van der Waals surface area contributed by atoms with E-state index in [2.05, 4.69) is 13.8 Å². The first-order chi connectivity index (χ1) is 7.00. The van der Waals surface area contributed by atoms with Gasteiger partial charge in [0.2, 0.25) is 5.91 Å². The van der Waals surface area contributed by atoms with Crippen LogP contribution in [0.15, 0.2) is 0 Å². The minimum Gasteiger partial charge on any atom is -0.341 e. The summed E-state index contributed by atoms with van der Waals surface area (Å²) < 4.78 is 0. The molecule has 1 aliphatic heterocycles. The third-order valence-corrected chi connectivity index (χ3v) is 3.02. The number of halogens is 1. The zero-order valence-electron chi connectivity index (χ0n) is 10.6. The average molecular weight is 249 g/mol. The third kappa shape index (κ3) is 4.71. The molecule has 0 radical (unpaired) electrons. The first-order valence-corrected chi connectivity index (χ1v) is 6.05. The number of piperidine rings is 1. The first kappa shape index (κ1) is 15.7. The van der Waals surface area contributed by atoms with Gasteiger partial charge in [-0.05, 0) is 38.0 Å². The van der Waals surface area contributed by atoms with Gasteiger partial charge >= 0.3 is 0 Å². The van der Waals surface area contributed by atoms with E-state index in [0.29, 0.717) is 5.92 Å². The largest absolute Gasteiger partial charge is 0.341 e. The molecule has 1 amide bonds. The molecule has 0 bridgehead atoms. The minimum atomic E-state index is -0.345. The Bertz CT molecular complexity index is 219. The van der Waals surface area contributed by atoms with E-state index < -0.39 is 0 Å². The van der Waals surface area contributed by atoms with E-state index in [4.69, 9.17) is 5.73 Å². The van der Waals surface area contributed by atoms with Crippen molar-refractivity contribution < 1.29 is 4.79 Å². The molecule has 0 aromatic heterocycles. The van der Waals surface area contributed by atoms with Crippen LogP contribution in [0.3, 0.4) is 0 Å². The SMILES string of the molecule is CC(C)CC1CCCN(C(=O)C(C)N)C1.Cl. The predicted octanol–water partition coefficient (Wildman–Crippen LogP) is 2.04. The summed E-state index contributed by atoms with van der Waals surface area (Å²) in [7, 11) is 0. The van der Waals surface area contributed by atoms with Crippen molar-refractivity contribution in [3.8, 4) is 0 Å². The van der Waals surface area contributed by atoms with Crippen molar-refractivity contribution in [3.63, 3.8) is 0 Å². The van der Waals surface area contributed by atoms with Gasteiger partial charge in [-0.15, -0.1) is 12.4 Å². The molecule has 3 nitrogen and oxygen atoms in total. The highest BCUT2D eigenvalue weighted by Crippen LogP contribution is 2.23. The van der Waals surface area contributed by atoms with Gasteiger partial charge in [0.15, 0.2) is 0 Å². The molecule has 1 aliphatic rings. The van der Waals surface area contributed by atoms with Crippen LogP contribution in [-0.4, -0.2) is 29.9 Å². The van der Waals surface area contributed by atoms with E-state index in [0.717, 1.165) is 25.4 Å². The highest BCUT2D eigenvalue weighted by Gasteiger charge is 2.25. The molecule has 2 atom stereocenters. The molecule has 0 aromatic carbocycles. The van der Waals surface area contributed by atoms with Gasteiger partial charge in [-0.25, -0.2) is 0 Å². The fraction of sp³-hybridized carbons (Fsp3) is 0.917. The number of nitrogens with two attached hydrogens (primary N) is 1. The second-order valence-electron chi connectivity index (χ2n) is 5.21. The Kier molecular flexibility index (Phi) is 7.00. The lowest BCUT2D eigenvalue weighted by atomic mass is 9.89. The van der Waals surface area contributed by atoms with Crippen LogP contribution >= 0.6 is 12.4 Å². The fourth-order valence-electron chi connectivity index (χ4n) is 2.41. The zero-order chi connectivity index (χ0) is 11.4. The summed E-state index contributed by atoms with van der Waals surface area (Å²) in [6.45, 7) is 8.07. The molecule has 16 heavy (non-hydrogen) atoms. The molecule has 0 saturated carbocycles. The van der Waals surface area contributed by atoms with E-state index in [1.54, 1.807) is 6.92 Å². The highest BCUT2D eigenvalue weighted by atomic mass is 35.5. The lowest BCUT2D eigenvalue weighted by Crippen LogP contribution is -2.47. The van der Waals surface area contributed by atoms with Crippen LogP contribution in [0.4, 0.5) is 0 Å². The van der Waals surface area contributed by atoms with Gasteiger partial charge in [-0.3, -0.25) is 4.79 Å². The summed E-state index contributed by atoms with van der Waals surface area (Å²) in [5.74, 6) is 1.52.